The van der Waals surface area contributed by atoms with E-state index < -0.39 is 0 Å². The molecule has 3 atom stereocenters. The first-order chi connectivity index (χ1) is 13.2. The molecule has 0 aromatic heterocycles. The van der Waals surface area contributed by atoms with E-state index in [9.17, 15) is 9.59 Å². The summed E-state index contributed by atoms with van der Waals surface area (Å²) in [5, 5.41) is 0. The fourth-order valence-corrected chi connectivity index (χ4v) is 5.74. The summed E-state index contributed by atoms with van der Waals surface area (Å²) in [7, 11) is 0. The Morgan fingerprint density at radius 1 is 1.11 bits per heavy atom. The number of rotatable bonds is 3. The Morgan fingerprint density at radius 2 is 1.89 bits per heavy atom. The van der Waals surface area contributed by atoms with E-state index in [1.165, 1.54) is 5.57 Å². The molecule has 1 aromatic rings. The molecule has 0 amide bonds. The number of hydrogen-bond acceptors (Lipinski definition) is 3. The highest BCUT2D eigenvalue weighted by Gasteiger charge is 2.51. The van der Waals surface area contributed by atoms with E-state index in [1.54, 1.807) is 6.08 Å². The Balaban J connectivity index is 1.50. The number of hydrogen-bond donors (Lipinski definition) is 0. The monoisotopic (exact) mass is 378 g/mol. The van der Waals surface area contributed by atoms with Gasteiger partial charge < -0.3 is 4.74 Å². The van der Waals surface area contributed by atoms with Gasteiger partial charge in [0.05, 0.1) is 6.61 Å². The SMILES string of the molecule is CC1=CC2C(C)(C)CC(=O)CC2(C)CC1COc1ccc2c(c1)CC(=O)C=C2. The second kappa shape index (κ2) is 6.72. The zero-order valence-electron chi connectivity index (χ0n) is 17.4. The molecule has 0 saturated heterocycles. The first-order valence-corrected chi connectivity index (χ1v) is 10.3. The number of carbonyl (C=O) groups excluding carboxylic acids is 2. The van der Waals surface area contributed by atoms with Crippen LogP contribution in [0, 0.1) is 22.7 Å². The molecule has 3 nitrogen and oxygen atoms in total. The number of Topliss-reactive ketones (excluding diaryl/α,β-unsaturated/α-hetero) is 1. The van der Waals surface area contributed by atoms with Crippen LogP contribution in [0.25, 0.3) is 6.08 Å². The highest BCUT2D eigenvalue weighted by molar-refractivity contribution is 5.98. The Kier molecular flexibility index (Phi) is 4.60. The molecule has 1 aromatic carbocycles. The molecule has 0 heterocycles. The number of allylic oxidation sites excluding steroid dienone is 2. The lowest BCUT2D eigenvalue weighted by Gasteiger charge is -2.53. The van der Waals surface area contributed by atoms with E-state index in [2.05, 4.69) is 33.8 Å². The molecule has 0 bridgehead atoms. The number of benzene rings is 1. The maximum absolute atomic E-state index is 12.4. The summed E-state index contributed by atoms with van der Waals surface area (Å²) in [6.45, 7) is 9.56. The van der Waals surface area contributed by atoms with Crippen LogP contribution < -0.4 is 4.74 Å². The molecule has 3 aliphatic carbocycles. The Labute approximate surface area is 167 Å². The van der Waals surface area contributed by atoms with Crippen LogP contribution in [-0.2, 0) is 16.0 Å². The number of fused-ring (bicyclic) bond motifs is 2. The molecule has 1 fully saturated rings. The lowest BCUT2D eigenvalue weighted by molar-refractivity contribution is -0.132. The van der Waals surface area contributed by atoms with Crippen LogP contribution in [0.15, 0.2) is 35.9 Å². The van der Waals surface area contributed by atoms with Gasteiger partial charge in [-0.15, -0.1) is 0 Å². The highest BCUT2D eigenvalue weighted by Crippen LogP contribution is 2.56. The number of carbonyl (C=O) groups is 2. The second-order valence-electron chi connectivity index (χ2n) is 9.97. The van der Waals surface area contributed by atoms with Gasteiger partial charge in [0, 0.05) is 25.2 Å². The van der Waals surface area contributed by atoms with Crippen LogP contribution in [-0.4, -0.2) is 18.2 Å². The maximum Gasteiger partial charge on any atom is 0.160 e. The Morgan fingerprint density at radius 3 is 2.68 bits per heavy atom. The minimum Gasteiger partial charge on any atom is -0.493 e. The molecule has 0 aliphatic heterocycles. The maximum atomic E-state index is 12.4. The minimum atomic E-state index is 0.0133. The zero-order valence-corrected chi connectivity index (χ0v) is 17.4. The summed E-state index contributed by atoms with van der Waals surface area (Å²) in [5.74, 6) is 2.11. The molecule has 28 heavy (non-hydrogen) atoms. The van der Waals surface area contributed by atoms with Crippen molar-refractivity contribution in [2.24, 2.45) is 22.7 Å². The van der Waals surface area contributed by atoms with Gasteiger partial charge in [-0.1, -0.05) is 44.6 Å². The lowest BCUT2D eigenvalue weighted by atomic mass is 9.51. The van der Waals surface area contributed by atoms with Crippen molar-refractivity contribution >= 4 is 17.6 Å². The highest BCUT2D eigenvalue weighted by atomic mass is 16.5. The molecule has 1 saturated carbocycles. The second-order valence-corrected chi connectivity index (χ2v) is 9.97. The molecule has 3 unspecified atom stereocenters. The molecular formula is C25H30O3. The molecule has 148 valence electrons. The van der Waals surface area contributed by atoms with Crippen LogP contribution in [0.5, 0.6) is 5.75 Å². The quantitative estimate of drug-likeness (QED) is 0.681. The van der Waals surface area contributed by atoms with E-state index in [-0.39, 0.29) is 16.6 Å². The van der Waals surface area contributed by atoms with Crippen LogP contribution in [0.2, 0.25) is 0 Å². The van der Waals surface area contributed by atoms with Gasteiger partial charge in [-0.25, -0.2) is 0 Å². The summed E-state index contributed by atoms with van der Waals surface area (Å²) in [5.41, 5.74) is 3.54. The molecule has 3 aliphatic rings. The average molecular weight is 379 g/mol. The average Bonchev–Trinajstić information content (AvgIpc) is 2.60. The summed E-state index contributed by atoms with van der Waals surface area (Å²) in [6.07, 6.45) is 8.73. The standard InChI is InChI=1S/C25H30O3/c1-16-9-23-24(2,3)13-21(27)14-25(23,4)12-19(16)15-28-22-8-6-17-5-7-20(26)10-18(17)11-22/h5-9,11,19,23H,10,12-15H2,1-4H3. The molecule has 3 heteroatoms. The third kappa shape index (κ3) is 3.47. The topological polar surface area (TPSA) is 43.4 Å². The predicted molar refractivity (Wildman–Crippen MR) is 111 cm³/mol. The third-order valence-electron chi connectivity index (χ3n) is 7.01. The van der Waals surface area contributed by atoms with Gasteiger partial charge in [0.1, 0.15) is 11.5 Å². The first-order valence-electron chi connectivity index (χ1n) is 10.3. The fraction of sp³-hybridized carbons (Fsp3) is 0.520. The van der Waals surface area contributed by atoms with Crippen molar-refractivity contribution in [2.75, 3.05) is 6.61 Å². The van der Waals surface area contributed by atoms with E-state index in [0.29, 0.717) is 43.5 Å². The van der Waals surface area contributed by atoms with Gasteiger partial charge in [-0.3, -0.25) is 9.59 Å². The third-order valence-corrected chi connectivity index (χ3v) is 7.01. The zero-order chi connectivity index (χ0) is 20.1. The van der Waals surface area contributed by atoms with E-state index in [0.717, 1.165) is 23.3 Å². The van der Waals surface area contributed by atoms with Crippen molar-refractivity contribution in [1.29, 1.82) is 0 Å². The van der Waals surface area contributed by atoms with Crippen molar-refractivity contribution in [3.05, 3.63) is 47.1 Å². The summed E-state index contributed by atoms with van der Waals surface area (Å²) >= 11 is 0. The van der Waals surface area contributed by atoms with Gasteiger partial charge >= 0.3 is 0 Å². The van der Waals surface area contributed by atoms with Crippen molar-refractivity contribution in [2.45, 2.75) is 53.4 Å². The Bertz CT molecular complexity index is 889. The van der Waals surface area contributed by atoms with E-state index in [1.807, 2.05) is 24.3 Å². The van der Waals surface area contributed by atoms with Gasteiger partial charge in [-0.05, 0) is 59.4 Å². The van der Waals surface area contributed by atoms with Gasteiger partial charge in [0.2, 0.25) is 0 Å². The van der Waals surface area contributed by atoms with Gasteiger partial charge in [0.15, 0.2) is 5.78 Å². The van der Waals surface area contributed by atoms with E-state index in [4.69, 9.17) is 4.74 Å². The fourth-order valence-electron chi connectivity index (χ4n) is 5.74. The van der Waals surface area contributed by atoms with Crippen LogP contribution >= 0.6 is 0 Å². The smallest absolute Gasteiger partial charge is 0.160 e. The van der Waals surface area contributed by atoms with Gasteiger partial charge in [0.25, 0.3) is 0 Å². The summed E-state index contributed by atoms with van der Waals surface area (Å²) in [4.78, 5) is 24.1. The van der Waals surface area contributed by atoms with Crippen LogP contribution in [0.3, 0.4) is 0 Å². The summed E-state index contributed by atoms with van der Waals surface area (Å²) in [6, 6.07) is 6.01. The van der Waals surface area contributed by atoms with Crippen molar-refractivity contribution < 1.29 is 14.3 Å². The normalized spacial score (nSPS) is 31.1. The number of ether oxygens (including phenoxy) is 1. The summed E-state index contributed by atoms with van der Waals surface area (Å²) < 4.78 is 6.16. The largest absolute Gasteiger partial charge is 0.493 e. The number of ketones is 2. The van der Waals surface area contributed by atoms with Crippen molar-refractivity contribution in [3.63, 3.8) is 0 Å². The predicted octanol–water partition coefficient (Wildman–Crippen LogP) is 5.18. The molecular weight excluding hydrogens is 348 g/mol. The molecule has 0 spiro atoms. The molecule has 4 rings (SSSR count). The van der Waals surface area contributed by atoms with Gasteiger partial charge in [-0.2, -0.15) is 0 Å². The molecule has 0 N–H and O–H groups in total. The van der Waals surface area contributed by atoms with Crippen LogP contribution in [0.4, 0.5) is 0 Å². The van der Waals surface area contributed by atoms with E-state index >= 15 is 0 Å². The first kappa shape index (κ1) is 19.2. The van der Waals surface area contributed by atoms with Crippen LogP contribution in [0.1, 0.15) is 58.1 Å². The van der Waals surface area contributed by atoms with Crippen molar-refractivity contribution in [1.82, 2.24) is 0 Å². The lowest BCUT2D eigenvalue weighted by Crippen LogP contribution is -2.48. The van der Waals surface area contributed by atoms with Crippen molar-refractivity contribution in [3.8, 4) is 5.75 Å². The minimum absolute atomic E-state index is 0.0133. The Hall–Kier alpha value is -2.16. The molecule has 0 radical (unpaired) electrons.